The normalized spacial score (nSPS) is 15.6. The lowest BCUT2D eigenvalue weighted by Crippen LogP contribution is -2.17. The highest BCUT2D eigenvalue weighted by Crippen LogP contribution is 2.26. The van der Waals surface area contributed by atoms with Gasteiger partial charge in [-0.2, -0.15) is 0 Å². The van der Waals surface area contributed by atoms with Crippen LogP contribution in [0.25, 0.3) is 0 Å². The van der Waals surface area contributed by atoms with E-state index in [0.29, 0.717) is 11.1 Å². The number of benzene rings is 1. The highest BCUT2D eigenvalue weighted by molar-refractivity contribution is 5.99. The van der Waals surface area contributed by atoms with Gasteiger partial charge in [-0.1, -0.05) is 32.1 Å². The van der Waals surface area contributed by atoms with Crippen LogP contribution in [0.15, 0.2) is 18.2 Å². The fourth-order valence-corrected chi connectivity index (χ4v) is 2.91. The molecule has 0 radical (unpaired) electrons. The molecule has 2 amide bonds. The summed E-state index contributed by atoms with van der Waals surface area (Å²) in [6.07, 6.45) is 7.71. The number of carbonyl (C=O) groups is 2. The zero-order valence-electron chi connectivity index (χ0n) is 12.2. The number of hydrogen-bond acceptors (Lipinski definition) is 3. The van der Waals surface area contributed by atoms with E-state index in [4.69, 9.17) is 11.5 Å². The van der Waals surface area contributed by atoms with Gasteiger partial charge in [0.1, 0.15) is 0 Å². The van der Waals surface area contributed by atoms with Crippen molar-refractivity contribution in [3.8, 4) is 0 Å². The van der Waals surface area contributed by atoms with Gasteiger partial charge in [-0.15, -0.1) is 0 Å². The van der Waals surface area contributed by atoms with E-state index in [-0.39, 0.29) is 0 Å². The Bertz CT molecular complexity index is 490. The first-order valence-electron chi connectivity index (χ1n) is 7.55. The predicted molar refractivity (Wildman–Crippen MR) is 83.2 cm³/mol. The molecule has 0 atom stereocenters. The molecule has 5 N–H and O–H groups in total. The van der Waals surface area contributed by atoms with Crippen molar-refractivity contribution in [3.63, 3.8) is 0 Å². The zero-order valence-corrected chi connectivity index (χ0v) is 12.2. The second-order valence-electron chi connectivity index (χ2n) is 5.75. The largest absolute Gasteiger partial charge is 0.385 e. The zero-order chi connectivity index (χ0) is 15.2. The lowest BCUT2D eigenvalue weighted by atomic mass is 9.87. The van der Waals surface area contributed by atoms with Crippen LogP contribution >= 0.6 is 0 Å². The lowest BCUT2D eigenvalue weighted by molar-refractivity contribution is 0.0999. The lowest BCUT2D eigenvalue weighted by Gasteiger charge is -2.21. The van der Waals surface area contributed by atoms with E-state index in [1.165, 1.54) is 38.2 Å². The van der Waals surface area contributed by atoms with E-state index in [1.807, 2.05) is 0 Å². The molecule has 0 heterocycles. The third-order valence-electron chi connectivity index (χ3n) is 4.11. The van der Waals surface area contributed by atoms with E-state index in [2.05, 4.69) is 5.32 Å². The first-order chi connectivity index (χ1) is 10.1. The average Bonchev–Trinajstić information content (AvgIpc) is 2.48. The Hall–Kier alpha value is -2.04. The summed E-state index contributed by atoms with van der Waals surface area (Å²) >= 11 is 0. The molecule has 114 valence electrons. The van der Waals surface area contributed by atoms with Gasteiger partial charge >= 0.3 is 0 Å². The number of primary amides is 2. The maximum absolute atomic E-state index is 11.3. The maximum Gasteiger partial charge on any atom is 0.248 e. The van der Waals surface area contributed by atoms with E-state index < -0.39 is 11.8 Å². The Kier molecular flexibility index (Phi) is 5.20. The van der Waals surface area contributed by atoms with Crippen LogP contribution in [0.2, 0.25) is 0 Å². The number of amides is 2. The van der Waals surface area contributed by atoms with Crippen LogP contribution < -0.4 is 16.8 Å². The molecule has 0 unspecified atom stereocenters. The minimum atomic E-state index is -0.562. The Balaban J connectivity index is 1.98. The van der Waals surface area contributed by atoms with Crippen molar-refractivity contribution < 1.29 is 9.59 Å². The number of nitrogens with two attached hydrogens (primary N) is 2. The van der Waals surface area contributed by atoms with E-state index >= 15 is 0 Å². The summed E-state index contributed by atoms with van der Waals surface area (Å²) in [5.41, 5.74) is 11.9. The van der Waals surface area contributed by atoms with Crippen LogP contribution in [0, 0.1) is 5.92 Å². The van der Waals surface area contributed by atoms with Crippen molar-refractivity contribution in [1.29, 1.82) is 0 Å². The molecule has 0 spiro atoms. The number of rotatable bonds is 6. The summed E-state index contributed by atoms with van der Waals surface area (Å²) in [4.78, 5) is 22.6. The van der Waals surface area contributed by atoms with Gasteiger partial charge in [0.25, 0.3) is 0 Å². The molecular formula is C16H23N3O2. The molecule has 0 bridgehead atoms. The van der Waals surface area contributed by atoms with Crippen LogP contribution in [0.3, 0.4) is 0 Å². The monoisotopic (exact) mass is 289 g/mol. The smallest absolute Gasteiger partial charge is 0.248 e. The summed E-state index contributed by atoms with van der Waals surface area (Å²) in [7, 11) is 0. The minimum Gasteiger partial charge on any atom is -0.385 e. The molecule has 1 aromatic carbocycles. The fourth-order valence-electron chi connectivity index (χ4n) is 2.91. The summed E-state index contributed by atoms with van der Waals surface area (Å²) in [5.74, 6) is -0.344. The number of anilines is 1. The van der Waals surface area contributed by atoms with Crippen molar-refractivity contribution in [1.82, 2.24) is 0 Å². The number of carbonyl (C=O) groups excluding carboxylic acids is 2. The Labute approximate surface area is 125 Å². The molecule has 5 heteroatoms. The van der Waals surface area contributed by atoms with Crippen molar-refractivity contribution in [2.24, 2.45) is 17.4 Å². The van der Waals surface area contributed by atoms with Gasteiger partial charge < -0.3 is 16.8 Å². The molecule has 5 nitrogen and oxygen atoms in total. The van der Waals surface area contributed by atoms with Crippen LogP contribution in [0.5, 0.6) is 0 Å². The molecule has 1 saturated carbocycles. The Morgan fingerprint density at radius 2 is 1.57 bits per heavy atom. The first kappa shape index (κ1) is 15.4. The van der Waals surface area contributed by atoms with Crippen LogP contribution in [0.4, 0.5) is 5.69 Å². The van der Waals surface area contributed by atoms with Crippen LogP contribution in [-0.4, -0.2) is 18.4 Å². The van der Waals surface area contributed by atoms with Gasteiger partial charge in [0, 0.05) is 23.4 Å². The van der Waals surface area contributed by atoms with Gasteiger partial charge in [-0.05, 0) is 30.5 Å². The molecule has 1 aliphatic carbocycles. The number of nitrogens with one attached hydrogen (secondary N) is 1. The molecule has 0 aromatic heterocycles. The highest BCUT2D eigenvalue weighted by Gasteiger charge is 2.13. The topological polar surface area (TPSA) is 98.2 Å². The molecule has 1 aliphatic rings. The molecular weight excluding hydrogens is 266 g/mol. The predicted octanol–water partition coefficient (Wildman–Crippen LogP) is 2.27. The van der Waals surface area contributed by atoms with Crippen LogP contribution in [-0.2, 0) is 0 Å². The van der Waals surface area contributed by atoms with Gasteiger partial charge in [0.15, 0.2) is 0 Å². The molecule has 21 heavy (non-hydrogen) atoms. The van der Waals surface area contributed by atoms with E-state index in [9.17, 15) is 9.59 Å². The Morgan fingerprint density at radius 1 is 1.00 bits per heavy atom. The second-order valence-corrected chi connectivity index (χ2v) is 5.75. The molecule has 2 rings (SSSR count). The quantitative estimate of drug-likeness (QED) is 0.749. The van der Waals surface area contributed by atoms with Gasteiger partial charge in [-0.25, -0.2) is 0 Å². The minimum absolute atomic E-state index is 0.298. The standard InChI is InChI=1S/C16H23N3O2/c17-15(20)12-8-13(16(18)21)10-14(9-12)19-7-6-11-4-2-1-3-5-11/h8-11,19H,1-7H2,(H2,17,20)(H2,18,21). The van der Waals surface area contributed by atoms with Crippen molar-refractivity contribution in [2.45, 2.75) is 38.5 Å². The van der Waals surface area contributed by atoms with E-state index in [0.717, 1.165) is 24.6 Å². The average molecular weight is 289 g/mol. The summed E-state index contributed by atoms with van der Waals surface area (Å²) < 4.78 is 0. The van der Waals surface area contributed by atoms with Crippen molar-refractivity contribution in [3.05, 3.63) is 29.3 Å². The molecule has 1 aromatic rings. The third kappa shape index (κ3) is 4.48. The van der Waals surface area contributed by atoms with Crippen molar-refractivity contribution in [2.75, 3.05) is 11.9 Å². The molecule has 0 aliphatic heterocycles. The second kappa shape index (κ2) is 7.11. The fraction of sp³-hybridized carbons (Fsp3) is 0.500. The Morgan fingerprint density at radius 3 is 2.10 bits per heavy atom. The highest BCUT2D eigenvalue weighted by atomic mass is 16.1. The van der Waals surface area contributed by atoms with Gasteiger partial charge in [0.05, 0.1) is 0 Å². The molecule has 1 fully saturated rings. The molecule has 0 saturated heterocycles. The summed E-state index contributed by atoms with van der Waals surface area (Å²) in [6.45, 7) is 0.824. The maximum atomic E-state index is 11.3. The van der Waals surface area contributed by atoms with Gasteiger partial charge in [0.2, 0.25) is 11.8 Å². The SMILES string of the molecule is NC(=O)c1cc(NCCC2CCCCC2)cc(C(N)=O)c1. The number of hydrogen-bond donors (Lipinski definition) is 3. The summed E-state index contributed by atoms with van der Waals surface area (Å²) in [5, 5.41) is 3.27. The first-order valence-corrected chi connectivity index (χ1v) is 7.55. The van der Waals surface area contributed by atoms with Crippen LogP contribution in [0.1, 0.15) is 59.2 Å². The van der Waals surface area contributed by atoms with Crippen molar-refractivity contribution >= 4 is 17.5 Å². The van der Waals surface area contributed by atoms with E-state index in [1.54, 1.807) is 12.1 Å². The third-order valence-corrected chi connectivity index (χ3v) is 4.11. The van der Waals surface area contributed by atoms with Gasteiger partial charge in [-0.3, -0.25) is 9.59 Å². The summed E-state index contributed by atoms with van der Waals surface area (Å²) in [6, 6.07) is 4.75.